The third-order valence-corrected chi connectivity index (χ3v) is 21.3. The zero-order chi connectivity index (χ0) is 73.9. The average Bonchev–Trinajstić information content (AvgIpc) is 0.712. The van der Waals surface area contributed by atoms with Gasteiger partial charge in [0.25, 0.3) is 0 Å². The summed E-state index contributed by atoms with van der Waals surface area (Å²) in [6, 6.07) is 4.46. The van der Waals surface area contributed by atoms with Crippen molar-refractivity contribution in [3.05, 3.63) is 95.7 Å². The lowest BCUT2D eigenvalue weighted by Gasteiger charge is -2.72. The van der Waals surface area contributed by atoms with Crippen molar-refractivity contribution in [2.75, 3.05) is 37.7 Å². The van der Waals surface area contributed by atoms with E-state index in [1.807, 2.05) is 0 Å². The number of primary amides is 1. The summed E-state index contributed by atoms with van der Waals surface area (Å²) in [6.45, 7) is 0.463. The van der Waals surface area contributed by atoms with Gasteiger partial charge in [-0.3, -0.25) is 57.5 Å². The van der Waals surface area contributed by atoms with Gasteiger partial charge >= 0.3 is 12.1 Å². The van der Waals surface area contributed by atoms with Gasteiger partial charge < -0.3 is 90.3 Å². The van der Waals surface area contributed by atoms with Crippen LogP contribution in [0.4, 0.5) is 13.2 Å². The maximum atomic E-state index is 15.3. The molecule has 9 rings (SSSR count). The molecule has 2 bridgehead atoms. The molecule has 0 unspecified atom stereocenters. The molecule has 554 valence electrons. The molecule has 11 amide bonds. The van der Waals surface area contributed by atoms with E-state index in [1.165, 1.54) is 53.4 Å². The molecule has 19 N–H and O–H groups in total. The van der Waals surface area contributed by atoms with Gasteiger partial charge in [-0.25, -0.2) is 0 Å². The summed E-state index contributed by atoms with van der Waals surface area (Å²) in [5, 5.41) is 54.7. The van der Waals surface area contributed by atoms with E-state index >= 15 is 14.4 Å². The number of fused-ring (bicyclic) bond motifs is 1. The van der Waals surface area contributed by atoms with Gasteiger partial charge in [-0.2, -0.15) is 13.2 Å². The van der Waals surface area contributed by atoms with Gasteiger partial charge in [0.1, 0.15) is 65.9 Å². The number of benzene rings is 3. The number of amides is 11. The molecule has 34 heteroatoms. The maximum Gasteiger partial charge on any atom is 0.394 e. The number of likely N-dealkylation sites (tertiary alicyclic amines) is 1. The summed E-state index contributed by atoms with van der Waals surface area (Å²) in [6.07, 6.45) is -4.76. The number of halogens is 3. The molecule has 3 heterocycles. The van der Waals surface area contributed by atoms with Crippen molar-refractivity contribution in [1.29, 1.82) is 0 Å². The van der Waals surface area contributed by atoms with Crippen LogP contribution in [0.15, 0.2) is 79.0 Å². The Morgan fingerprint density at radius 1 is 0.667 bits per heavy atom. The fourth-order valence-electron chi connectivity index (χ4n) is 13.4. The lowest BCUT2D eigenvalue weighted by molar-refractivity contribution is -0.366. The molecule has 3 saturated carbocycles. The van der Waals surface area contributed by atoms with Crippen LogP contribution in [-0.4, -0.2) is 194 Å². The van der Waals surface area contributed by atoms with Gasteiger partial charge in [0.2, 0.25) is 65.0 Å². The molecule has 4 aromatic rings. The minimum Gasteiger partial charge on any atom is -0.508 e. The standard InChI is InChI=1S/C68H89F3N14O15S2/c69-68(70,71)67-35-66(36-67,37-67)56-65(100)81-48(30-39-16-20-42(87)21-17-39)60(95)78-45(11-5-6-25-72)58(93)75-27-7-1-2-13-53(88)77-49(31-40-32-76-44-10-4-3-9-43(40)44)62(97)79-46(22-23-55(90)91)59(94)82-50(57(74)92)33-101-102-34-51(63(98)84-56)83-61(96)47(29-38-14-18-41(86)19-15-38)80-64(99)52-12-8-28-85(52)54(89)24-26-73/h3-4,9-10,14-21,32,45-52,56,76,86-87H,1-2,5-8,11-13,22-31,33-37,72-73H2,(H2,74,92)(H,75,93)(H,77,88)(H,78,95)(H,79,97)(H,80,99)(H,81,100)(H,82,94)(H,83,96)(H,84,98)(H,90,91)/t45-,46-,47-,48-,49-,50-,51-,52-,56+,66?,67?/m0/s1. The topological polar surface area (TPSA) is 471 Å². The number of nitrogens with two attached hydrogens (primary N) is 3. The number of aromatic amines is 1. The lowest BCUT2D eigenvalue weighted by Crippen LogP contribution is -2.77. The number of nitrogens with zero attached hydrogens (tertiary/aromatic N) is 1. The second kappa shape index (κ2) is 36.1. The number of alkyl halides is 3. The van der Waals surface area contributed by atoms with Crippen LogP contribution in [0.1, 0.15) is 113 Å². The van der Waals surface area contributed by atoms with Crippen molar-refractivity contribution in [1.82, 2.24) is 57.7 Å². The van der Waals surface area contributed by atoms with Gasteiger partial charge in [0, 0.05) is 92.2 Å². The van der Waals surface area contributed by atoms with Crippen LogP contribution in [0.25, 0.3) is 10.9 Å². The smallest absolute Gasteiger partial charge is 0.394 e. The molecule has 2 saturated heterocycles. The summed E-state index contributed by atoms with van der Waals surface area (Å²) in [5.41, 5.74) is 15.6. The second-order valence-electron chi connectivity index (χ2n) is 26.5. The Labute approximate surface area is 593 Å². The number of aromatic nitrogens is 1. The molecular weight excluding hydrogens is 1370 g/mol. The van der Waals surface area contributed by atoms with E-state index < -0.39 is 186 Å². The highest BCUT2D eigenvalue weighted by Gasteiger charge is 2.81. The Balaban J connectivity index is 1.15. The van der Waals surface area contributed by atoms with Crippen LogP contribution in [0.2, 0.25) is 0 Å². The number of carboxylic acid groups (broad SMARTS) is 1. The average molecular weight is 1460 g/mol. The third-order valence-electron chi connectivity index (χ3n) is 18.9. The number of H-pyrrole nitrogens is 1. The van der Waals surface area contributed by atoms with E-state index in [4.69, 9.17) is 17.2 Å². The van der Waals surface area contributed by atoms with Crippen molar-refractivity contribution in [3.63, 3.8) is 0 Å². The molecular formula is C68H89F3N14O15S2. The van der Waals surface area contributed by atoms with Gasteiger partial charge in [-0.15, -0.1) is 0 Å². The molecule has 1 aromatic heterocycles. The molecule has 0 spiro atoms. The number of hydrogen-bond donors (Lipinski definition) is 16. The summed E-state index contributed by atoms with van der Waals surface area (Å²) in [4.78, 5) is 174. The normalized spacial score (nSPS) is 25.8. The number of phenols is 2. The molecule has 29 nitrogen and oxygen atoms in total. The lowest BCUT2D eigenvalue weighted by atomic mass is 9.32. The van der Waals surface area contributed by atoms with Crippen LogP contribution in [0, 0.1) is 10.8 Å². The zero-order valence-electron chi connectivity index (χ0n) is 56.0. The van der Waals surface area contributed by atoms with Crippen molar-refractivity contribution < 1.29 is 86.0 Å². The zero-order valence-corrected chi connectivity index (χ0v) is 57.7. The second-order valence-corrected chi connectivity index (χ2v) is 29.0. The summed E-state index contributed by atoms with van der Waals surface area (Å²) >= 11 is 0. The summed E-state index contributed by atoms with van der Waals surface area (Å²) < 4.78 is 44.3. The molecule has 3 aromatic carbocycles. The number of rotatable bonds is 21. The summed E-state index contributed by atoms with van der Waals surface area (Å²) in [5.74, 6) is -12.3. The third kappa shape index (κ3) is 21.0. The first kappa shape index (κ1) is 78.6. The number of nitrogens with one attached hydrogen (secondary N) is 10. The SMILES string of the molecule is NCCCC[C@@H]1NC(=O)[C@H](Cc2ccc(O)cc2)NC(=O)[C@H](C23CC(C(F)(F)F)(C2)C3)NC(=O)[C@@H](NC(=O)[C@H](Cc2ccc(O)cc2)NC(=O)[C@@H]2CCCN2C(=O)CCN)CSSC[C@@H](C(N)=O)NC(=O)[C@H](CCC(=O)O)NC(=O)[C@H](Cc2c[nH]c3ccccc23)NC(=O)CCCCCNC1=O. The van der Waals surface area contributed by atoms with Crippen LogP contribution in [0.3, 0.4) is 0 Å². The molecule has 0 radical (unpaired) electrons. The highest BCUT2D eigenvalue weighted by atomic mass is 33.1. The van der Waals surface area contributed by atoms with E-state index in [-0.39, 0.29) is 89.0 Å². The van der Waals surface area contributed by atoms with Gasteiger partial charge in [0.15, 0.2) is 0 Å². The van der Waals surface area contributed by atoms with Crippen molar-refractivity contribution >= 4 is 103 Å². The number of aliphatic carboxylic acids is 1. The quantitative estimate of drug-likeness (QED) is 0.0410. The van der Waals surface area contributed by atoms with E-state index in [0.29, 0.717) is 59.7 Å². The first-order valence-electron chi connectivity index (χ1n) is 33.9. The predicted molar refractivity (Wildman–Crippen MR) is 370 cm³/mol. The number of aromatic hydroxyl groups is 2. The Hall–Kier alpha value is -9.15. The Morgan fingerprint density at radius 3 is 1.94 bits per heavy atom. The van der Waals surface area contributed by atoms with E-state index in [0.717, 1.165) is 21.6 Å². The number of unbranched alkanes of at least 4 members (excludes halogenated alkanes) is 1. The maximum absolute atomic E-state index is 15.3. The van der Waals surface area contributed by atoms with E-state index in [2.05, 4.69) is 52.8 Å². The molecule has 3 aliphatic carbocycles. The highest BCUT2D eigenvalue weighted by molar-refractivity contribution is 8.76. The van der Waals surface area contributed by atoms with E-state index in [1.54, 1.807) is 30.5 Å². The Kier molecular flexibility index (Phi) is 27.8. The molecule has 5 fully saturated rings. The number of para-hydroxylation sites is 1. The number of carbonyl (C=O) groups excluding carboxylic acids is 11. The Bertz CT molecular complexity index is 3660. The number of hydrogen-bond acceptors (Lipinski definition) is 18. The first-order chi connectivity index (χ1) is 48.6. The predicted octanol–water partition coefficient (Wildman–Crippen LogP) is 1.11. The summed E-state index contributed by atoms with van der Waals surface area (Å²) in [7, 11) is 1.59. The fraction of sp³-hybridized carbons (Fsp3) is 0.529. The van der Waals surface area contributed by atoms with Crippen LogP contribution < -0.4 is 65.1 Å². The minimum absolute atomic E-state index is 0.0156. The van der Waals surface area contributed by atoms with Crippen LogP contribution in [-0.2, 0) is 76.8 Å². The first-order valence-corrected chi connectivity index (χ1v) is 36.4. The monoisotopic (exact) mass is 1460 g/mol. The number of carboxylic acids is 1. The van der Waals surface area contributed by atoms with Crippen molar-refractivity contribution in [2.45, 2.75) is 176 Å². The van der Waals surface area contributed by atoms with Crippen LogP contribution >= 0.6 is 21.6 Å². The molecule has 9 atom stereocenters. The van der Waals surface area contributed by atoms with Crippen molar-refractivity contribution in [2.24, 2.45) is 28.0 Å². The highest BCUT2D eigenvalue weighted by Crippen LogP contribution is 2.79. The van der Waals surface area contributed by atoms with Crippen molar-refractivity contribution in [3.8, 4) is 11.5 Å². The van der Waals surface area contributed by atoms with Gasteiger partial charge in [-0.1, -0.05) is 70.5 Å². The van der Waals surface area contributed by atoms with Crippen LogP contribution in [0.5, 0.6) is 11.5 Å². The number of phenolic OH excluding ortho intramolecular Hbond substituents is 2. The molecule has 2 aliphatic heterocycles. The molecule has 5 aliphatic rings. The number of carbonyl (C=O) groups is 12. The van der Waals surface area contributed by atoms with Gasteiger partial charge in [0.05, 0.1) is 5.41 Å². The molecule has 102 heavy (non-hydrogen) atoms. The fourth-order valence-corrected chi connectivity index (χ4v) is 15.8. The van der Waals surface area contributed by atoms with E-state index in [9.17, 15) is 71.6 Å². The Morgan fingerprint density at radius 2 is 1.29 bits per heavy atom. The van der Waals surface area contributed by atoms with Gasteiger partial charge in [-0.05, 0) is 124 Å². The largest absolute Gasteiger partial charge is 0.508 e. The minimum atomic E-state index is -4.74.